The van der Waals surface area contributed by atoms with Gasteiger partial charge in [0.15, 0.2) is 0 Å². The first-order valence-corrected chi connectivity index (χ1v) is 5.98. The fourth-order valence-corrected chi connectivity index (χ4v) is 1.38. The normalized spacial score (nSPS) is 12.3. The van der Waals surface area contributed by atoms with Crippen LogP contribution in [0.4, 0.5) is 5.69 Å². The molecule has 1 amide bonds. The molecule has 0 heterocycles. The van der Waals surface area contributed by atoms with Gasteiger partial charge in [-0.05, 0) is 37.5 Å². The molecule has 0 saturated heterocycles. The van der Waals surface area contributed by atoms with Crippen molar-refractivity contribution in [2.24, 2.45) is 0 Å². The van der Waals surface area contributed by atoms with Crippen molar-refractivity contribution in [3.05, 3.63) is 29.3 Å². The second-order valence-electron chi connectivity index (χ2n) is 3.68. The van der Waals surface area contributed by atoms with Gasteiger partial charge in [0.2, 0.25) is 5.91 Å². The molecule has 3 heteroatoms. The molecule has 0 bridgehead atoms. The van der Waals surface area contributed by atoms with Crippen LogP contribution in [0.1, 0.15) is 24.5 Å². The monoisotopic (exact) mass is 269 g/mol. The number of carbonyl (C=O) groups excluding carboxylic acids is 1. The van der Waals surface area contributed by atoms with Gasteiger partial charge in [0.1, 0.15) is 0 Å². The van der Waals surface area contributed by atoms with Gasteiger partial charge in [-0.1, -0.05) is 35.0 Å². The Hall–Kier alpha value is -0.830. The van der Waals surface area contributed by atoms with Crippen molar-refractivity contribution in [1.29, 1.82) is 0 Å². The molecule has 1 atom stereocenters. The SMILES string of the molecule is CCC(Br)C(=O)Nc1cc(C)ccc1C. The first-order valence-electron chi connectivity index (χ1n) is 5.06. The molecule has 0 aliphatic heterocycles. The fraction of sp³-hybridized carbons (Fsp3) is 0.417. The van der Waals surface area contributed by atoms with E-state index in [0.717, 1.165) is 23.2 Å². The summed E-state index contributed by atoms with van der Waals surface area (Å²) < 4.78 is 0. The number of hydrogen-bond acceptors (Lipinski definition) is 1. The first kappa shape index (κ1) is 12.2. The Labute approximate surface area is 99.2 Å². The van der Waals surface area contributed by atoms with Gasteiger partial charge in [0.05, 0.1) is 4.83 Å². The molecule has 0 saturated carbocycles. The lowest BCUT2D eigenvalue weighted by Gasteiger charge is -2.11. The van der Waals surface area contributed by atoms with Gasteiger partial charge in [-0.3, -0.25) is 4.79 Å². The van der Waals surface area contributed by atoms with E-state index >= 15 is 0 Å². The Morgan fingerprint density at radius 1 is 1.47 bits per heavy atom. The molecule has 0 radical (unpaired) electrons. The van der Waals surface area contributed by atoms with Crippen molar-refractivity contribution in [3.63, 3.8) is 0 Å². The van der Waals surface area contributed by atoms with Crippen LogP contribution in [0.3, 0.4) is 0 Å². The molecule has 1 aromatic carbocycles. The summed E-state index contributed by atoms with van der Waals surface area (Å²) in [6.07, 6.45) is 0.788. The molecule has 0 aromatic heterocycles. The van der Waals surface area contributed by atoms with Crippen molar-refractivity contribution in [1.82, 2.24) is 0 Å². The number of amides is 1. The van der Waals surface area contributed by atoms with Crippen LogP contribution in [0.5, 0.6) is 0 Å². The highest BCUT2D eigenvalue weighted by molar-refractivity contribution is 9.10. The summed E-state index contributed by atoms with van der Waals surface area (Å²) in [6, 6.07) is 6.04. The van der Waals surface area contributed by atoms with E-state index in [4.69, 9.17) is 0 Å². The largest absolute Gasteiger partial charge is 0.325 e. The average Bonchev–Trinajstić information content (AvgIpc) is 2.22. The van der Waals surface area contributed by atoms with Gasteiger partial charge in [-0.2, -0.15) is 0 Å². The van der Waals surface area contributed by atoms with Crippen LogP contribution >= 0.6 is 15.9 Å². The number of nitrogens with one attached hydrogen (secondary N) is 1. The minimum atomic E-state index is -0.114. The fourth-order valence-electron chi connectivity index (χ4n) is 1.27. The molecule has 1 unspecified atom stereocenters. The molecule has 1 rings (SSSR count). The van der Waals surface area contributed by atoms with Gasteiger partial charge in [-0.15, -0.1) is 0 Å². The Morgan fingerprint density at radius 3 is 2.73 bits per heavy atom. The summed E-state index contributed by atoms with van der Waals surface area (Å²) in [6.45, 7) is 5.98. The summed E-state index contributed by atoms with van der Waals surface area (Å²) in [7, 11) is 0. The Balaban J connectivity index is 2.80. The number of halogens is 1. The third kappa shape index (κ3) is 3.34. The molecular formula is C12H16BrNO. The molecule has 0 spiro atoms. The lowest BCUT2D eigenvalue weighted by Crippen LogP contribution is -2.22. The van der Waals surface area contributed by atoms with Crippen molar-refractivity contribution >= 4 is 27.5 Å². The second-order valence-corrected chi connectivity index (χ2v) is 4.79. The second kappa shape index (κ2) is 5.31. The first-order chi connectivity index (χ1) is 7.04. The maximum atomic E-state index is 11.6. The van der Waals surface area contributed by atoms with Crippen LogP contribution in [0, 0.1) is 13.8 Å². The minimum Gasteiger partial charge on any atom is -0.325 e. The maximum Gasteiger partial charge on any atom is 0.238 e. The standard InChI is InChI=1S/C12H16BrNO/c1-4-10(13)12(15)14-11-7-8(2)5-6-9(11)3/h5-7,10H,4H2,1-3H3,(H,14,15). The number of rotatable bonds is 3. The van der Waals surface area contributed by atoms with Crippen LogP contribution in [0.25, 0.3) is 0 Å². The summed E-state index contributed by atoms with van der Waals surface area (Å²) in [5.74, 6) is 0.0196. The summed E-state index contributed by atoms with van der Waals surface area (Å²) in [5.41, 5.74) is 3.14. The van der Waals surface area contributed by atoms with E-state index in [1.165, 1.54) is 0 Å². The van der Waals surface area contributed by atoms with Crippen molar-refractivity contribution in [3.8, 4) is 0 Å². The van der Waals surface area contributed by atoms with Crippen LogP contribution in [-0.2, 0) is 4.79 Å². The maximum absolute atomic E-state index is 11.6. The van der Waals surface area contributed by atoms with Gasteiger partial charge >= 0.3 is 0 Å². The predicted octanol–water partition coefficient (Wildman–Crippen LogP) is 3.42. The zero-order valence-electron chi connectivity index (χ0n) is 9.30. The van der Waals surface area contributed by atoms with Crippen LogP contribution in [0.15, 0.2) is 18.2 Å². The highest BCUT2D eigenvalue weighted by atomic mass is 79.9. The topological polar surface area (TPSA) is 29.1 Å². The number of benzene rings is 1. The molecule has 82 valence electrons. The molecule has 15 heavy (non-hydrogen) atoms. The molecular weight excluding hydrogens is 254 g/mol. The summed E-state index contributed by atoms with van der Waals surface area (Å²) in [4.78, 5) is 11.5. The van der Waals surface area contributed by atoms with Gasteiger partial charge in [0, 0.05) is 5.69 Å². The van der Waals surface area contributed by atoms with E-state index in [1.54, 1.807) is 0 Å². The van der Waals surface area contributed by atoms with E-state index in [9.17, 15) is 4.79 Å². The number of aryl methyl sites for hydroxylation is 2. The number of carbonyl (C=O) groups is 1. The van der Waals surface area contributed by atoms with E-state index in [1.807, 2.05) is 39.0 Å². The van der Waals surface area contributed by atoms with Gasteiger partial charge < -0.3 is 5.32 Å². The molecule has 0 aliphatic rings. The lowest BCUT2D eigenvalue weighted by atomic mass is 10.1. The number of hydrogen-bond donors (Lipinski definition) is 1. The Kier molecular flexibility index (Phi) is 4.33. The van der Waals surface area contributed by atoms with Gasteiger partial charge in [-0.25, -0.2) is 0 Å². The molecule has 0 fully saturated rings. The Bertz CT molecular complexity index is 363. The highest BCUT2D eigenvalue weighted by Gasteiger charge is 2.12. The third-order valence-corrected chi connectivity index (χ3v) is 3.36. The lowest BCUT2D eigenvalue weighted by molar-refractivity contribution is -0.115. The zero-order valence-corrected chi connectivity index (χ0v) is 10.9. The van der Waals surface area contributed by atoms with Crippen LogP contribution in [-0.4, -0.2) is 10.7 Å². The summed E-state index contributed by atoms with van der Waals surface area (Å²) in [5, 5.41) is 2.92. The molecule has 1 N–H and O–H groups in total. The minimum absolute atomic E-state index is 0.0196. The van der Waals surface area contributed by atoms with Crippen molar-refractivity contribution in [2.75, 3.05) is 5.32 Å². The average molecular weight is 270 g/mol. The van der Waals surface area contributed by atoms with Crippen LogP contribution < -0.4 is 5.32 Å². The molecule has 2 nitrogen and oxygen atoms in total. The van der Waals surface area contributed by atoms with Crippen molar-refractivity contribution in [2.45, 2.75) is 32.0 Å². The van der Waals surface area contributed by atoms with Gasteiger partial charge in [0.25, 0.3) is 0 Å². The van der Waals surface area contributed by atoms with E-state index in [0.29, 0.717) is 0 Å². The van der Waals surface area contributed by atoms with E-state index in [2.05, 4.69) is 21.2 Å². The van der Waals surface area contributed by atoms with E-state index < -0.39 is 0 Å². The molecule has 1 aromatic rings. The van der Waals surface area contributed by atoms with Crippen LogP contribution in [0.2, 0.25) is 0 Å². The Morgan fingerprint density at radius 2 is 2.13 bits per heavy atom. The zero-order chi connectivity index (χ0) is 11.4. The third-order valence-electron chi connectivity index (χ3n) is 2.29. The number of alkyl halides is 1. The molecule has 0 aliphatic carbocycles. The highest BCUT2D eigenvalue weighted by Crippen LogP contribution is 2.18. The number of anilines is 1. The summed E-state index contributed by atoms with van der Waals surface area (Å²) >= 11 is 3.33. The van der Waals surface area contributed by atoms with E-state index in [-0.39, 0.29) is 10.7 Å². The quantitative estimate of drug-likeness (QED) is 0.838. The predicted molar refractivity (Wildman–Crippen MR) is 67.6 cm³/mol. The smallest absolute Gasteiger partial charge is 0.238 e. The van der Waals surface area contributed by atoms with Crippen molar-refractivity contribution < 1.29 is 4.79 Å².